The van der Waals surface area contributed by atoms with Crippen LogP contribution in [-0.2, 0) is 24.1 Å². The number of rotatable bonds is 9. The Morgan fingerprint density at radius 2 is 1.73 bits per heavy atom. The normalized spacial score (nSPS) is 12.0. The molecule has 0 radical (unpaired) electrons. The summed E-state index contributed by atoms with van der Waals surface area (Å²) in [6, 6.07) is 9.64. The fraction of sp³-hybridized carbons (Fsp3) is 0.320. The zero-order chi connectivity index (χ0) is 21.5. The molecule has 0 aliphatic rings. The predicted octanol–water partition coefficient (Wildman–Crippen LogP) is 3.55. The second-order valence-electron chi connectivity index (χ2n) is 7.77. The van der Waals surface area contributed by atoms with Gasteiger partial charge in [0.2, 0.25) is 5.91 Å². The first-order valence-corrected chi connectivity index (χ1v) is 10.4. The molecule has 1 amide bonds. The molecule has 0 saturated carbocycles. The van der Waals surface area contributed by atoms with Crippen LogP contribution in [0.2, 0.25) is 0 Å². The number of pyridine rings is 2. The second-order valence-corrected chi connectivity index (χ2v) is 7.77. The van der Waals surface area contributed by atoms with E-state index in [1.165, 1.54) is 22.3 Å². The summed E-state index contributed by atoms with van der Waals surface area (Å²) in [5.41, 5.74) is 14.1. The Hall–Kier alpha value is -3.05. The Morgan fingerprint density at radius 3 is 2.40 bits per heavy atom. The Morgan fingerprint density at radius 1 is 0.967 bits per heavy atom. The maximum Gasteiger partial charge on any atom is 0.239 e. The number of hydrogen-bond acceptors (Lipinski definition) is 4. The minimum absolute atomic E-state index is 0.354. The molecule has 0 bridgehead atoms. The number of aryl methyl sites for hydroxylation is 2. The van der Waals surface area contributed by atoms with Gasteiger partial charge in [-0.3, -0.25) is 14.8 Å². The van der Waals surface area contributed by atoms with Crippen LogP contribution in [0.15, 0.2) is 55.1 Å². The third-order valence-electron chi connectivity index (χ3n) is 5.80. The fourth-order valence-electron chi connectivity index (χ4n) is 3.91. The molecule has 30 heavy (non-hydrogen) atoms. The summed E-state index contributed by atoms with van der Waals surface area (Å²) in [5, 5.41) is 3.36. The highest BCUT2D eigenvalue weighted by Crippen LogP contribution is 2.28. The standard InChI is InChI=1S/C25H30N4O/c1-17-15-23(24(25(26)30)29-14-10-21-5-4-11-28-16-21)19(3)22(18(17)2)7-6-20-8-12-27-13-9-20/h4-5,8-9,11-13,15-16,24,29H,6-7,10,14H2,1-3H3,(H2,26,30). The van der Waals surface area contributed by atoms with Gasteiger partial charge >= 0.3 is 0 Å². The van der Waals surface area contributed by atoms with Crippen LogP contribution < -0.4 is 11.1 Å². The Labute approximate surface area is 178 Å². The van der Waals surface area contributed by atoms with Crippen molar-refractivity contribution in [1.82, 2.24) is 15.3 Å². The first kappa shape index (κ1) is 21.7. The van der Waals surface area contributed by atoms with Crippen LogP contribution in [0.25, 0.3) is 0 Å². The van der Waals surface area contributed by atoms with Crippen molar-refractivity contribution in [2.24, 2.45) is 5.73 Å². The summed E-state index contributed by atoms with van der Waals surface area (Å²) in [4.78, 5) is 20.6. The minimum Gasteiger partial charge on any atom is -0.368 e. The van der Waals surface area contributed by atoms with Gasteiger partial charge in [0.25, 0.3) is 0 Å². The highest BCUT2D eigenvalue weighted by Gasteiger charge is 2.22. The first-order valence-electron chi connectivity index (χ1n) is 10.4. The van der Waals surface area contributed by atoms with Crippen molar-refractivity contribution in [3.63, 3.8) is 0 Å². The summed E-state index contributed by atoms with van der Waals surface area (Å²) in [6.45, 7) is 7.01. The third kappa shape index (κ3) is 5.30. The lowest BCUT2D eigenvalue weighted by atomic mass is 9.87. The molecule has 0 spiro atoms. The molecule has 3 N–H and O–H groups in total. The van der Waals surface area contributed by atoms with E-state index in [0.29, 0.717) is 6.54 Å². The molecule has 0 saturated heterocycles. The van der Waals surface area contributed by atoms with Crippen LogP contribution in [0.3, 0.4) is 0 Å². The van der Waals surface area contributed by atoms with Crippen molar-refractivity contribution in [1.29, 1.82) is 0 Å². The van der Waals surface area contributed by atoms with E-state index in [1.807, 2.05) is 42.9 Å². The number of nitrogens with two attached hydrogens (primary N) is 1. The van der Waals surface area contributed by atoms with E-state index < -0.39 is 6.04 Å². The molecular formula is C25H30N4O. The van der Waals surface area contributed by atoms with E-state index in [-0.39, 0.29) is 5.91 Å². The number of carbonyl (C=O) groups is 1. The Kier molecular flexibility index (Phi) is 7.31. The molecule has 156 valence electrons. The summed E-state index contributed by atoms with van der Waals surface area (Å²) in [6.07, 6.45) is 9.89. The molecule has 1 atom stereocenters. The summed E-state index contributed by atoms with van der Waals surface area (Å²) < 4.78 is 0. The first-order chi connectivity index (χ1) is 14.5. The van der Waals surface area contributed by atoms with E-state index in [1.54, 1.807) is 6.20 Å². The largest absolute Gasteiger partial charge is 0.368 e. The second kappa shape index (κ2) is 10.1. The number of amides is 1. The average Bonchev–Trinajstić information content (AvgIpc) is 2.75. The molecule has 5 heteroatoms. The van der Waals surface area contributed by atoms with Crippen molar-refractivity contribution in [2.75, 3.05) is 6.54 Å². The molecule has 0 fully saturated rings. The highest BCUT2D eigenvalue weighted by atomic mass is 16.1. The number of primary amides is 1. The number of carbonyl (C=O) groups excluding carboxylic acids is 1. The van der Waals surface area contributed by atoms with Crippen molar-refractivity contribution in [3.05, 3.63) is 94.1 Å². The molecule has 2 aromatic heterocycles. The maximum absolute atomic E-state index is 12.3. The number of hydrogen-bond donors (Lipinski definition) is 2. The van der Waals surface area contributed by atoms with Crippen LogP contribution >= 0.6 is 0 Å². The van der Waals surface area contributed by atoms with Crippen LogP contribution in [0.4, 0.5) is 0 Å². The van der Waals surface area contributed by atoms with Gasteiger partial charge in [0.1, 0.15) is 6.04 Å². The molecular weight excluding hydrogens is 372 g/mol. The van der Waals surface area contributed by atoms with Gasteiger partial charge in [0, 0.05) is 31.3 Å². The van der Waals surface area contributed by atoms with Crippen LogP contribution in [0, 0.1) is 20.8 Å². The lowest BCUT2D eigenvalue weighted by molar-refractivity contribution is -0.120. The topological polar surface area (TPSA) is 80.9 Å². The van der Waals surface area contributed by atoms with E-state index in [4.69, 9.17) is 5.73 Å². The molecule has 0 aliphatic carbocycles. The summed E-state index contributed by atoms with van der Waals surface area (Å²) >= 11 is 0. The molecule has 5 nitrogen and oxygen atoms in total. The van der Waals surface area contributed by atoms with E-state index >= 15 is 0 Å². The van der Waals surface area contributed by atoms with E-state index in [2.05, 4.69) is 42.1 Å². The van der Waals surface area contributed by atoms with Crippen LogP contribution in [-0.4, -0.2) is 22.4 Å². The zero-order valence-corrected chi connectivity index (χ0v) is 18.0. The zero-order valence-electron chi connectivity index (χ0n) is 18.0. The molecule has 1 aromatic carbocycles. The van der Waals surface area contributed by atoms with Gasteiger partial charge in [0.15, 0.2) is 0 Å². The lowest BCUT2D eigenvalue weighted by Gasteiger charge is -2.23. The summed E-state index contributed by atoms with van der Waals surface area (Å²) in [7, 11) is 0. The molecule has 1 unspecified atom stereocenters. The predicted molar refractivity (Wildman–Crippen MR) is 120 cm³/mol. The van der Waals surface area contributed by atoms with E-state index in [0.717, 1.165) is 36.0 Å². The molecule has 2 heterocycles. The number of aromatic nitrogens is 2. The molecule has 3 rings (SSSR count). The minimum atomic E-state index is -0.513. The van der Waals surface area contributed by atoms with Gasteiger partial charge in [-0.05, 0) is 97.2 Å². The van der Waals surface area contributed by atoms with Crippen molar-refractivity contribution >= 4 is 5.91 Å². The fourth-order valence-corrected chi connectivity index (χ4v) is 3.91. The molecule has 3 aromatic rings. The van der Waals surface area contributed by atoms with Crippen molar-refractivity contribution in [3.8, 4) is 0 Å². The smallest absolute Gasteiger partial charge is 0.239 e. The van der Waals surface area contributed by atoms with Gasteiger partial charge in [-0.15, -0.1) is 0 Å². The van der Waals surface area contributed by atoms with Gasteiger partial charge in [-0.2, -0.15) is 0 Å². The SMILES string of the molecule is Cc1cc(C(NCCc2cccnc2)C(N)=O)c(C)c(CCc2ccncc2)c1C. The lowest BCUT2D eigenvalue weighted by Crippen LogP contribution is -2.35. The summed E-state index contributed by atoms with van der Waals surface area (Å²) in [5.74, 6) is -0.354. The highest BCUT2D eigenvalue weighted by molar-refractivity contribution is 5.82. The van der Waals surface area contributed by atoms with Crippen molar-refractivity contribution in [2.45, 2.75) is 46.1 Å². The number of nitrogens with one attached hydrogen (secondary N) is 1. The Bertz CT molecular complexity index is 987. The van der Waals surface area contributed by atoms with Gasteiger partial charge in [-0.1, -0.05) is 12.1 Å². The third-order valence-corrected chi connectivity index (χ3v) is 5.80. The van der Waals surface area contributed by atoms with E-state index in [9.17, 15) is 4.79 Å². The quantitative estimate of drug-likeness (QED) is 0.574. The number of benzene rings is 1. The monoisotopic (exact) mass is 402 g/mol. The van der Waals surface area contributed by atoms with Gasteiger partial charge < -0.3 is 11.1 Å². The van der Waals surface area contributed by atoms with Gasteiger partial charge in [-0.25, -0.2) is 0 Å². The Balaban J connectivity index is 1.81. The average molecular weight is 403 g/mol. The van der Waals surface area contributed by atoms with Crippen molar-refractivity contribution < 1.29 is 4.79 Å². The molecule has 0 aliphatic heterocycles. The number of nitrogens with zero attached hydrogens (tertiary/aromatic N) is 2. The van der Waals surface area contributed by atoms with Crippen LogP contribution in [0.5, 0.6) is 0 Å². The van der Waals surface area contributed by atoms with Crippen LogP contribution in [0.1, 0.15) is 45.0 Å². The van der Waals surface area contributed by atoms with Gasteiger partial charge in [0.05, 0.1) is 0 Å². The maximum atomic E-state index is 12.3.